The minimum Gasteiger partial charge on any atom is -0.477 e. The molecule has 3 heterocycles. The first-order valence-electron chi connectivity index (χ1n) is 12.6. The number of carbonyl (C=O) groups excluding carboxylic acids is 1. The van der Waals surface area contributed by atoms with E-state index in [1.54, 1.807) is 24.5 Å². The van der Waals surface area contributed by atoms with Crippen molar-refractivity contribution in [2.45, 2.75) is 44.0 Å². The third kappa shape index (κ3) is 6.34. The van der Waals surface area contributed by atoms with E-state index >= 15 is 0 Å². The van der Waals surface area contributed by atoms with Crippen molar-refractivity contribution in [3.63, 3.8) is 0 Å². The van der Waals surface area contributed by atoms with E-state index in [1.807, 2.05) is 11.6 Å². The van der Waals surface area contributed by atoms with Gasteiger partial charge in [0.25, 0.3) is 15.9 Å². The first-order valence-corrected chi connectivity index (χ1v) is 14.9. The lowest BCUT2D eigenvalue weighted by Crippen LogP contribution is -2.41. The number of likely N-dealkylation sites (tertiary alicyclic amines) is 1. The summed E-state index contributed by atoms with van der Waals surface area (Å²) in [5.41, 5.74) is 1.12. The third-order valence-corrected chi connectivity index (χ3v) is 8.89. The molecule has 1 aliphatic heterocycles. The molecule has 14 heteroatoms. The maximum atomic E-state index is 13.3. The predicted molar refractivity (Wildman–Crippen MR) is 142 cm³/mol. The van der Waals surface area contributed by atoms with Crippen LogP contribution in [0.4, 0.5) is 14.5 Å². The van der Waals surface area contributed by atoms with Crippen molar-refractivity contribution in [2.24, 2.45) is 5.92 Å². The summed E-state index contributed by atoms with van der Waals surface area (Å²) in [6.45, 7) is 3.71. The lowest BCUT2D eigenvalue weighted by molar-refractivity contribution is 0.0916. The Morgan fingerprint density at radius 2 is 2.10 bits per heavy atom. The molecule has 1 saturated carbocycles. The summed E-state index contributed by atoms with van der Waals surface area (Å²) in [5.74, 6) is -2.97. The molecule has 2 fully saturated rings. The van der Waals surface area contributed by atoms with Crippen LogP contribution < -0.4 is 14.8 Å². The molecule has 10 nitrogen and oxygen atoms in total. The van der Waals surface area contributed by atoms with Gasteiger partial charge in [-0.1, -0.05) is 12.1 Å². The zero-order valence-electron chi connectivity index (χ0n) is 21.1. The second kappa shape index (κ2) is 11.5. The van der Waals surface area contributed by atoms with Crippen molar-refractivity contribution in [3.05, 3.63) is 53.4 Å². The number of aromatic nitrogens is 3. The Morgan fingerprint density at radius 3 is 2.82 bits per heavy atom. The molecule has 0 spiro atoms. The van der Waals surface area contributed by atoms with Gasteiger partial charge in [0, 0.05) is 31.0 Å². The lowest BCUT2D eigenvalue weighted by Gasteiger charge is -2.31. The molecule has 5 rings (SSSR count). The SMILES string of the molecule is CCOc1cncc(-c2cnc(C(=O)N[C@@H](CN3C[C@H]4CC[C@@H]3C4)c3cccc(NS(=O)(=O)C(F)F)c3)s2)n1. The number of piperidine rings is 1. The van der Waals surface area contributed by atoms with E-state index in [0.29, 0.717) is 47.1 Å². The van der Waals surface area contributed by atoms with Gasteiger partial charge in [0.1, 0.15) is 5.69 Å². The number of fused-ring (bicyclic) bond motifs is 2. The van der Waals surface area contributed by atoms with E-state index in [2.05, 4.69) is 25.2 Å². The van der Waals surface area contributed by atoms with Gasteiger partial charge in [-0.3, -0.25) is 19.4 Å². The molecular formula is C25H28F2N6O4S2. The van der Waals surface area contributed by atoms with Crippen LogP contribution in [0.25, 0.3) is 10.6 Å². The van der Waals surface area contributed by atoms with E-state index in [0.717, 1.165) is 30.7 Å². The van der Waals surface area contributed by atoms with Gasteiger partial charge >= 0.3 is 5.76 Å². The van der Waals surface area contributed by atoms with Crippen LogP contribution in [0.3, 0.4) is 0 Å². The predicted octanol–water partition coefficient (Wildman–Crippen LogP) is 3.92. The van der Waals surface area contributed by atoms with Gasteiger partial charge in [-0.2, -0.15) is 8.78 Å². The molecule has 0 unspecified atom stereocenters. The third-order valence-electron chi connectivity index (χ3n) is 6.89. The number of amides is 1. The minimum absolute atomic E-state index is 0.000666. The van der Waals surface area contributed by atoms with Crippen LogP contribution in [0.1, 0.15) is 47.6 Å². The zero-order valence-corrected chi connectivity index (χ0v) is 22.7. The molecule has 3 atom stereocenters. The number of hydrogen-bond donors (Lipinski definition) is 2. The largest absolute Gasteiger partial charge is 0.477 e. The fraction of sp³-hybridized carbons (Fsp3) is 0.440. The Morgan fingerprint density at radius 1 is 1.26 bits per heavy atom. The smallest absolute Gasteiger partial charge is 0.355 e. The number of thiazole rings is 1. The van der Waals surface area contributed by atoms with Crippen LogP contribution in [-0.2, 0) is 10.0 Å². The highest BCUT2D eigenvalue weighted by atomic mass is 32.2. The van der Waals surface area contributed by atoms with Crippen LogP contribution >= 0.6 is 11.3 Å². The van der Waals surface area contributed by atoms with E-state index in [-0.39, 0.29) is 10.7 Å². The number of hydrogen-bond acceptors (Lipinski definition) is 9. The Kier molecular flexibility index (Phi) is 8.05. The topological polar surface area (TPSA) is 126 Å². The standard InChI is InChI=1S/C25H28F2N6O4S2/c1-2-37-22-12-28-10-19(30-22)21-11-29-24(38-21)23(34)31-20(14-33-13-15-6-7-18(33)8-15)16-4-3-5-17(9-16)32-39(35,36)25(26)27/h3-5,9-12,15,18,20,25,32H,2,6-8,13-14H2,1H3,(H,31,34)/t15-,18+,20-/m0/s1. The monoisotopic (exact) mass is 578 g/mol. The number of alkyl halides is 2. The number of nitrogens with one attached hydrogen (secondary N) is 2. The van der Waals surface area contributed by atoms with Gasteiger partial charge in [0.2, 0.25) is 5.88 Å². The van der Waals surface area contributed by atoms with Gasteiger partial charge in [0.15, 0.2) is 5.01 Å². The zero-order chi connectivity index (χ0) is 27.6. The summed E-state index contributed by atoms with van der Waals surface area (Å²) in [4.78, 5) is 29.1. The van der Waals surface area contributed by atoms with E-state index < -0.39 is 27.7 Å². The van der Waals surface area contributed by atoms with E-state index in [9.17, 15) is 22.0 Å². The number of carbonyl (C=O) groups is 1. The summed E-state index contributed by atoms with van der Waals surface area (Å²) in [5, 5.41) is 3.25. The second-order valence-corrected chi connectivity index (χ2v) is 12.2. The van der Waals surface area contributed by atoms with Crippen molar-refractivity contribution >= 4 is 33.0 Å². The number of halogens is 2. The average molecular weight is 579 g/mol. The molecule has 1 aliphatic carbocycles. The number of nitrogens with zero attached hydrogens (tertiary/aromatic N) is 4. The Bertz CT molecular complexity index is 1440. The highest BCUT2D eigenvalue weighted by Gasteiger charge is 2.39. The van der Waals surface area contributed by atoms with Crippen LogP contribution in [-0.4, -0.2) is 65.7 Å². The minimum atomic E-state index is -4.83. The van der Waals surface area contributed by atoms with Crippen LogP contribution in [0.5, 0.6) is 5.88 Å². The maximum Gasteiger partial charge on any atom is 0.355 e. The second-order valence-electron chi connectivity index (χ2n) is 9.55. The van der Waals surface area contributed by atoms with Gasteiger partial charge < -0.3 is 10.1 Å². The molecule has 2 aliphatic rings. The van der Waals surface area contributed by atoms with Gasteiger partial charge in [0.05, 0.1) is 29.9 Å². The number of ether oxygens (including phenoxy) is 1. The van der Waals surface area contributed by atoms with Crippen molar-refractivity contribution in [2.75, 3.05) is 24.4 Å². The molecule has 0 radical (unpaired) electrons. The summed E-state index contributed by atoms with van der Waals surface area (Å²) < 4.78 is 56.6. The van der Waals surface area contributed by atoms with Crippen LogP contribution in [0.15, 0.2) is 42.9 Å². The molecule has 1 amide bonds. The Labute approximate surface area is 228 Å². The van der Waals surface area contributed by atoms with Crippen molar-refractivity contribution < 1.29 is 26.7 Å². The molecule has 3 aromatic rings. The summed E-state index contributed by atoms with van der Waals surface area (Å²) >= 11 is 1.16. The molecule has 2 bridgehead atoms. The van der Waals surface area contributed by atoms with Gasteiger partial charge in [-0.25, -0.2) is 18.4 Å². The highest BCUT2D eigenvalue weighted by Crippen LogP contribution is 2.38. The maximum absolute atomic E-state index is 13.3. The first-order chi connectivity index (χ1) is 18.7. The lowest BCUT2D eigenvalue weighted by atomic mass is 10.0. The number of benzene rings is 1. The number of rotatable bonds is 11. The normalized spacial score (nSPS) is 19.8. The Hall–Kier alpha value is -3.23. The fourth-order valence-electron chi connectivity index (χ4n) is 5.15. The van der Waals surface area contributed by atoms with Gasteiger partial charge in [-0.15, -0.1) is 11.3 Å². The Balaban J connectivity index is 1.37. The highest BCUT2D eigenvalue weighted by molar-refractivity contribution is 7.93. The van der Waals surface area contributed by atoms with Crippen molar-refractivity contribution in [3.8, 4) is 16.5 Å². The van der Waals surface area contributed by atoms with Crippen LogP contribution in [0.2, 0.25) is 0 Å². The van der Waals surface area contributed by atoms with Crippen molar-refractivity contribution in [1.82, 2.24) is 25.2 Å². The molecule has 1 saturated heterocycles. The fourth-order valence-corrected chi connectivity index (χ4v) is 6.47. The number of sulfonamides is 1. The number of anilines is 1. The average Bonchev–Trinajstić information content (AvgIpc) is 3.66. The molecule has 208 valence electrons. The summed E-state index contributed by atoms with van der Waals surface area (Å²) in [7, 11) is -4.83. The van der Waals surface area contributed by atoms with Crippen LogP contribution in [0, 0.1) is 5.92 Å². The summed E-state index contributed by atoms with van der Waals surface area (Å²) in [6.07, 6.45) is 8.03. The van der Waals surface area contributed by atoms with E-state index in [1.165, 1.54) is 24.8 Å². The molecule has 2 aromatic heterocycles. The van der Waals surface area contributed by atoms with Crippen molar-refractivity contribution in [1.29, 1.82) is 0 Å². The first kappa shape index (κ1) is 27.3. The quantitative estimate of drug-likeness (QED) is 0.351. The molecule has 1 aromatic carbocycles. The molecule has 2 N–H and O–H groups in total. The summed E-state index contributed by atoms with van der Waals surface area (Å²) in [6, 6.07) is 6.08. The molecular weight excluding hydrogens is 550 g/mol. The van der Waals surface area contributed by atoms with Gasteiger partial charge in [-0.05, 0) is 49.8 Å². The molecule has 39 heavy (non-hydrogen) atoms. The van der Waals surface area contributed by atoms with E-state index in [4.69, 9.17) is 4.74 Å².